The van der Waals surface area contributed by atoms with Crippen molar-refractivity contribution in [3.63, 3.8) is 0 Å². The van der Waals surface area contributed by atoms with Crippen LogP contribution in [-0.4, -0.2) is 57.9 Å². The number of nitrogens with zero attached hydrogens (tertiary/aromatic N) is 5. The highest BCUT2D eigenvalue weighted by Crippen LogP contribution is 2.23. The smallest absolute Gasteiger partial charge is 0.254 e. The number of pyridine rings is 1. The predicted molar refractivity (Wildman–Crippen MR) is 136 cm³/mol. The Labute approximate surface area is 209 Å². The lowest BCUT2D eigenvalue weighted by Crippen LogP contribution is -2.49. The Bertz CT molecular complexity index is 1360. The van der Waals surface area contributed by atoms with Crippen molar-refractivity contribution >= 4 is 17.5 Å². The highest BCUT2D eigenvalue weighted by molar-refractivity contribution is 6.15. The molecule has 1 aliphatic rings. The molecule has 1 amide bonds. The molecule has 0 radical (unpaired) electrons. The molecule has 1 fully saturated rings. The van der Waals surface area contributed by atoms with E-state index in [4.69, 9.17) is 4.52 Å². The molecule has 0 spiro atoms. The summed E-state index contributed by atoms with van der Waals surface area (Å²) in [5, 5.41) is 4.04. The molecule has 36 heavy (non-hydrogen) atoms. The molecule has 0 N–H and O–H groups in total. The van der Waals surface area contributed by atoms with E-state index in [1.165, 1.54) is 0 Å². The molecule has 0 unspecified atom stereocenters. The van der Waals surface area contributed by atoms with Crippen LogP contribution in [0.2, 0.25) is 0 Å². The highest BCUT2D eigenvalue weighted by atomic mass is 16.5. The van der Waals surface area contributed by atoms with Crippen LogP contribution in [0.15, 0.2) is 77.4 Å². The number of carbonyl (C=O) groups is 2. The molecule has 5 rings (SSSR count). The number of hydrogen-bond acceptors (Lipinski definition) is 7. The number of hydrogen-bond donors (Lipinski definition) is 0. The van der Waals surface area contributed by atoms with E-state index in [2.05, 4.69) is 20.0 Å². The van der Waals surface area contributed by atoms with Gasteiger partial charge in [-0.1, -0.05) is 67.5 Å². The van der Waals surface area contributed by atoms with E-state index < -0.39 is 0 Å². The zero-order chi connectivity index (χ0) is 25.1. The SMILES string of the molecule is CC(C)c1nc(-c2ccc(N3CCN(C(=O)c4ccccc4C(=O)c4ccccc4)CC3)nc2)no1. The van der Waals surface area contributed by atoms with E-state index in [1.807, 2.05) is 44.2 Å². The lowest BCUT2D eigenvalue weighted by Gasteiger charge is -2.35. The van der Waals surface area contributed by atoms with Crippen molar-refractivity contribution in [2.45, 2.75) is 19.8 Å². The van der Waals surface area contributed by atoms with Crippen molar-refractivity contribution in [3.8, 4) is 11.4 Å². The van der Waals surface area contributed by atoms with Gasteiger partial charge in [0.25, 0.3) is 5.91 Å². The van der Waals surface area contributed by atoms with Gasteiger partial charge in [-0.15, -0.1) is 0 Å². The largest absolute Gasteiger partial charge is 0.353 e. The van der Waals surface area contributed by atoms with Crippen LogP contribution in [-0.2, 0) is 0 Å². The van der Waals surface area contributed by atoms with E-state index in [9.17, 15) is 9.59 Å². The number of carbonyl (C=O) groups excluding carboxylic acids is 2. The average molecular weight is 482 g/mol. The van der Waals surface area contributed by atoms with Gasteiger partial charge in [-0.05, 0) is 18.2 Å². The van der Waals surface area contributed by atoms with Gasteiger partial charge < -0.3 is 14.3 Å². The van der Waals surface area contributed by atoms with Crippen LogP contribution in [0.25, 0.3) is 11.4 Å². The topological polar surface area (TPSA) is 92.4 Å². The molecule has 2 aromatic heterocycles. The predicted octanol–water partition coefficient (Wildman–Crippen LogP) is 4.45. The normalized spacial score (nSPS) is 13.8. The molecule has 4 aromatic rings. The fourth-order valence-electron chi connectivity index (χ4n) is 4.21. The zero-order valence-corrected chi connectivity index (χ0v) is 20.3. The van der Waals surface area contributed by atoms with Gasteiger partial charge in [0.15, 0.2) is 5.78 Å². The van der Waals surface area contributed by atoms with Gasteiger partial charge in [0.1, 0.15) is 5.82 Å². The Balaban J connectivity index is 1.25. The number of aromatic nitrogens is 3. The summed E-state index contributed by atoms with van der Waals surface area (Å²) < 4.78 is 5.29. The number of anilines is 1. The van der Waals surface area contributed by atoms with Crippen molar-refractivity contribution in [2.75, 3.05) is 31.1 Å². The first-order valence-corrected chi connectivity index (χ1v) is 12.0. The fraction of sp³-hybridized carbons (Fsp3) is 0.250. The van der Waals surface area contributed by atoms with Gasteiger partial charge in [-0.2, -0.15) is 4.98 Å². The number of rotatable bonds is 6. The standard InChI is InChI=1S/C28H27N5O3/c1-19(2)27-30-26(31-36-27)21-12-13-24(29-18-21)32-14-16-33(17-15-32)28(35)23-11-7-6-10-22(23)25(34)20-8-4-3-5-9-20/h3-13,18-19H,14-17H2,1-2H3. The summed E-state index contributed by atoms with van der Waals surface area (Å²) in [6, 6.07) is 19.9. The minimum atomic E-state index is -0.149. The van der Waals surface area contributed by atoms with Gasteiger partial charge in [0, 0.05) is 55.0 Å². The van der Waals surface area contributed by atoms with Crippen LogP contribution >= 0.6 is 0 Å². The van der Waals surface area contributed by atoms with E-state index in [0.29, 0.717) is 54.6 Å². The lowest BCUT2D eigenvalue weighted by atomic mass is 9.97. The monoisotopic (exact) mass is 481 g/mol. The van der Waals surface area contributed by atoms with Gasteiger partial charge >= 0.3 is 0 Å². The highest BCUT2D eigenvalue weighted by Gasteiger charge is 2.26. The first-order chi connectivity index (χ1) is 17.5. The molecule has 8 heteroatoms. The van der Waals surface area contributed by atoms with E-state index in [1.54, 1.807) is 47.5 Å². The van der Waals surface area contributed by atoms with Gasteiger partial charge in [-0.3, -0.25) is 9.59 Å². The molecule has 8 nitrogen and oxygen atoms in total. The zero-order valence-electron chi connectivity index (χ0n) is 20.3. The maximum atomic E-state index is 13.4. The molecule has 2 aromatic carbocycles. The van der Waals surface area contributed by atoms with Crippen LogP contribution in [0.5, 0.6) is 0 Å². The Hall–Kier alpha value is -4.33. The third kappa shape index (κ3) is 4.75. The third-order valence-electron chi connectivity index (χ3n) is 6.27. The summed E-state index contributed by atoms with van der Waals surface area (Å²) in [7, 11) is 0. The van der Waals surface area contributed by atoms with Gasteiger partial charge in [0.2, 0.25) is 11.7 Å². The fourth-order valence-corrected chi connectivity index (χ4v) is 4.21. The Morgan fingerprint density at radius 1 is 0.861 bits per heavy atom. The second kappa shape index (κ2) is 10.1. The molecule has 0 bridgehead atoms. The minimum Gasteiger partial charge on any atom is -0.353 e. The number of benzene rings is 2. The van der Waals surface area contributed by atoms with Crippen molar-refractivity contribution in [3.05, 3.63) is 95.5 Å². The molecule has 3 heterocycles. The quantitative estimate of drug-likeness (QED) is 0.376. The average Bonchev–Trinajstić information content (AvgIpc) is 3.44. The molecule has 182 valence electrons. The molecule has 1 aliphatic heterocycles. The number of amides is 1. The van der Waals surface area contributed by atoms with Crippen LogP contribution in [0.3, 0.4) is 0 Å². The first kappa shape index (κ1) is 23.4. The third-order valence-corrected chi connectivity index (χ3v) is 6.27. The Morgan fingerprint density at radius 2 is 1.56 bits per heavy atom. The summed E-state index contributed by atoms with van der Waals surface area (Å²) in [4.78, 5) is 39.4. The maximum Gasteiger partial charge on any atom is 0.254 e. The van der Waals surface area contributed by atoms with Crippen molar-refractivity contribution in [1.82, 2.24) is 20.0 Å². The van der Waals surface area contributed by atoms with Crippen molar-refractivity contribution in [2.24, 2.45) is 0 Å². The van der Waals surface area contributed by atoms with Crippen LogP contribution in [0.4, 0.5) is 5.82 Å². The van der Waals surface area contributed by atoms with E-state index in [0.717, 1.165) is 11.4 Å². The summed E-state index contributed by atoms with van der Waals surface area (Å²) in [6.45, 7) is 6.38. The summed E-state index contributed by atoms with van der Waals surface area (Å²) in [5.41, 5.74) is 2.22. The van der Waals surface area contributed by atoms with Crippen LogP contribution < -0.4 is 4.90 Å². The number of ketones is 1. The molecular weight excluding hydrogens is 454 g/mol. The van der Waals surface area contributed by atoms with Crippen LogP contribution in [0, 0.1) is 0 Å². The second-order valence-electron chi connectivity index (χ2n) is 9.04. The molecule has 0 saturated carbocycles. The molecule has 1 saturated heterocycles. The second-order valence-corrected chi connectivity index (χ2v) is 9.04. The number of piperazine rings is 1. The Kier molecular flexibility index (Phi) is 6.58. The summed E-state index contributed by atoms with van der Waals surface area (Å²) >= 11 is 0. The lowest BCUT2D eigenvalue weighted by molar-refractivity contribution is 0.0742. The summed E-state index contributed by atoms with van der Waals surface area (Å²) in [6.07, 6.45) is 1.74. The molecule has 0 atom stereocenters. The van der Waals surface area contributed by atoms with Crippen molar-refractivity contribution in [1.29, 1.82) is 0 Å². The first-order valence-electron chi connectivity index (χ1n) is 12.0. The minimum absolute atomic E-state index is 0.129. The van der Waals surface area contributed by atoms with E-state index in [-0.39, 0.29) is 17.6 Å². The van der Waals surface area contributed by atoms with Gasteiger partial charge in [-0.25, -0.2) is 4.98 Å². The van der Waals surface area contributed by atoms with E-state index >= 15 is 0 Å². The molecule has 0 aliphatic carbocycles. The van der Waals surface area contributed by atoms with Gasteiger partial charge in [0.05, 0.1) is 5.56 Å². The summed E-state index contributed by atoms with van der Waals surface area (Å²) in [5.74, 6) is 1.85. The maximum absolute atomic E-state index is 13.4. The van der Waals surface area contributed by atoms with Crippen LogP contribution in [0.1, 0.15) is 51.9 Å². The van der Waals surface area contributed by atoms with Crippen molar-refractivity contribution < 1.29 is 14.1 Å². The molecular formula is C28H27N5O3. The Morgan fingerprint density at radius 3 is 2.19 bits per heavy atom.